The highest BCUT2D eigenvalue weighted by Crippen LogP contribution is 2.18. The smallest absolute Gasteiger partial charge is 0.255 e. The van der Waals surface area contributed by atoms with Crippen LogP contribution in [0.25, 0.3) is 0 Å². The molecule has 0 aliphatic carbocycles. The van der Waals surface area contributed by atoms with Crippen LogP contribution in [0.15, 0.2) is 78.9 Å². The average molecular weight is 338 g/mol. The van der Waals surface area contributed by atoms with Crippen molar-refractivity contribution in [2.24, 2.45) is 0 Å². The SMILES string of the molecule is O=C(Nc1ccc(OCc2ccccc2)cc1)c1cccc(Cl)c1. The number of ether oxygens (including phenoxy) is 1. The molecule has 0 unspecified atom stereocenters. The molecule has 0 fully saturated rings. The van der Waals surface area contributed by atoms with Gasteiger partial charge in [-0.3, -0.25) is 4.79 Å². The number of anilines is 1. The van der Waals surface area contributed by atoms with Gasteiger partial charge in [0.2, 0.25) is 0 Å². The fourth-order valence-corrected chi connectivity index (χ4v) is 2.40. The molecule has 0 heterocycles. The third-order valence-electron chi connectivity index (χ3n) is 3.45. The lowest BCUT2D eigenvalue weighted by Gasteiger charge is -2.09. The van der Waals surface area contributed by atoms with Crippen LogP contribution in [0.1, 0.15) is 15.9 Å². The molecule has 0 aromatic heterocycles. The van der Waals surface area contributed by atoms with E-state index < -0.39 is 0 Å². The average Bonchev–Trinajstić information content (AvgIpc) is 2.62. The molecule has 0 spiro atoms. The predicted octanol–water partition coefficient (Wildman–Crippen LogP) is 5.17. The summed E-state index contributed by atoms with van der Waals surface area (Å²) in [6.45, 7) is 0.509. The Morgan fingerprint density at radius 1 is 0.917 bits per heavy atom. The second kappa shape index (κ2) is 7.66. The van der Waals surface area contributed by atoms with Gasteiger partial charge >= 0.3 is 0 Å². The van der Waals surface area contributed by atoms with E-state index in [0.717, 1.165) is 11.3 Å². The van der Waals surface area contributed by atoms with Gasteiger partial charge in [0.05, 0.1) is 0 Å². The molecule has 1 N–H and O–H groups in total. The Kier molecular flexibility index (Phi) is 5.14. The van der Waals surface area contributed by atoms with Gasteiger partial charge in [-0.15, -0.1) is 0 Å². The van der Waals surface area contributed by atoms with Crippen LogP contribution in [0, 0.1) is 0 Å². The van der Waals surface area contributed by atoms with Gasteiger partial charge in [0.15, 0.2) is 0 Å². The summed E-state index contributed by atoms with van der Waals surface area (Å²) in [4.78, 5) is 12.2. The summed E-state index contributed by atoms with van der Waals surface area (Å²) in [5.74, 6) is 0.551. The van der Waals surface area contributed by atoms with Gasteiger partial charge in [0.1, 0.15) is 12.4 Å². The first kappa shape index (κ1) is 16.1. The molecule has 0 atom stereocenters. The molecule has 3 nitrogen and oxygen atoms in total. The van der Waals surface area contributed by atoms with Gasteiger partial charge in [0, 0.05) is 16.3 Å². The molecule has 3 aromatic rings. The van der Waals surface area contributed by atoms with Crippen LogP contribution in [0.5, 0.6) is 5.75 Å². The predicted molar refractivity (Wildman–Crippen MR) is 96.6 cm³/mol. The molecule has 0 aliphatic heterocycles. The van der Waals surface area contributed by atoms with Gasteiger partial charge in [-0.05, 0) is 48.0 Å². The fourth-order valence-electron chi connectivity index (χ4n) is 2.21. The molecule has 0 saturated carbocycles. The van der Waals surface area contributed by atoms with E-state index >= 15 is 0 Å². The minimum Gasteiger partial charge on any atom is -0.489 e. The number of amides is 1. The zero-order chi connectivity index (χ0) is 16.8. The summed E-state index contributed by atoms with van der Waals surface area (Å²) < 4.78 is 5.72. The van der Waals surface area contributed by atoms with Crippen molar-refractivity contribution in [3.8, 4) is 5.75 Å². The van der Waals surface area contributed by atoms with Crippen LogP contribution >= 0.6 is 11.6 Å². The van der Waals surface area contributed by atoms with Crippen LogP contribution in [0.3, 0.4) is 0 Å². The van der Waals surface area contributed by atoms with Crippen LogP contribution in [0.2, 0.25) is 5.02 Å². The summed E-state index contributed by atoms with van der Waals surface area (Å²) >= 11 is 5.90. The molecule has 1 amide bonds. The number of hydrogen-bond donors (Lipinski definition) is 1. The summed E-state index contributed by atoms with van der Waals surface area (Å²) in [7, 11) is 0. The van der Waals surface area contributed by atoms with E-state index in [1.54, 1.807) is 24.3 Å². The lowest BCUT2D eigenvalue weighted by atomic mass is 10.2. The van der Waals surface area contributed by atoms with Crippen molar-refractivity contribution in [1.29, 1.82) is 0 Å². The zero-order valence-electron chi connectivity index (χ0n) is 12.9. The second-order valence-electron chi connectivity index (χ2n) is 5.26. The maximum Gasteiger partial charge on any atom is 0.255 e. The molecule has 0 aliphatic rings. The zero-order valence-corrected chi connectivity index (χ0v) is 13.7. The van der Waals surface area contributed by atoms with Crippen molar-refractivity contribution >= 4 is 23.2 Å². The molecule has 0 bridgehead atoms. The summed E-state index contributed by atoms with van der Waals surface area (Å²) in [6.07, 6.45) is 0. The highest BCUT2D eigenvalue weighted by Gasteiger charge is 2.06. The van der Waals surface area contributed by atoms with E-state index in [9.17, 15) is 4.79 Å². The third-order valence-corrected chi connectivity index (χ3v) is 3.68. The molecule has 24 heavy (non-hydrogen) atoms. The number of benzene rings is 3. The first-order valence-corrected chi connectivity index (χ1v) is 7.92. The van der Waals surface area contributed by atoms with Gasteiger partial charge < -0.3 is 10.1 Å². The maximum absolute atomic E-state index is 12.2. The third kappa shape index (κ3) is 4.37. The number of halogens is 1. The number of rotatable bonds is 5. The summed E-state index contributed by atoms with van der Waals surface area (Å²) in [5.41, 5.74) is 2.33. The number of carbonyl (C=O) groups excluding carboxylic acids is 1. The first-order valence-electron chi connectivity index (χ1n) is 7.54. The molecule has 120 valence electrons. The van der Waals surface area contributed by atoms with Crippen LogP contribution in [-0.2, 0) is 6.61 Å². The Labute approximate surface area is 145 Å². The van der Waals surface area contributed by atoms with Crippen molar-refractivity contribution < 1.29 is 9.53 Å². The van der Waals surface area contributed by atoms with Crippen LogP contribution in [-0.4, -0.2) is 5.91 Å². The Morgan fingerprint density at radius 2 is 1.67 bits per heavy atom. The number of hydrogen-bond acceptors (Lipinski definition) is 2. The minimum absolute atomic E-state index is 0.199. The van der Waals surface area contributed by atoms with Gasteiger partial charge in [-0.25, -0.2) is 0 Å². The Morgan fingerprint density at radius 3 is 2.38 bits per heavy atom. The molecule has 4 heteroatoms. The van der Waals surface area contributed by atoms with E-state index in [0.29, 0.717) is 22.9 Å². The maximum atomic E-state index is 12.2. The van der Waals surface area contributed by atoms with E-state index in [2.05, 4.69) is 5.32 Å². The monoisotopic (exact) mass is 337 g/mol. The Hall–Kier alpha value is -2.78. The van der Waals surface area contributed by atoms with Gasteiger partial charge in [0.25, 0.3) is 5.91 Å². The number of nitrogens with one attached hydrogen (secondary N) is 1. The molecule has 0 saturated heterocycles. The van der Waals surface area contributed by atoms with Crippen molar-refractivity contribution in [1.82, 2.24) is 0 Å². The van der Waals surface area contributed by atoms with E-state index in [-0.39, 0.29) is 5.91 Å². The van der Waals surface area contributed by atoms with Crippen molar-refractivity contribution in [2.75, 3.05) is 5.32 Å². The van der Waals surface area contributed by atoms with Gasteiger partial charge in [-0.2, -0.15) is 0 Å². The standard InChI is InChI=1S/C20H16ClNO2/c21-17-8-4-7-16(13-17)20(23)22-18-9-11-19(12-10-18)24-14-15-5-2-1-3-6-15/h1-13H,14H2,(H,22,23). The molecule has 0 radical (unpaired) electrons. The molecule has 3 rings (SSSR count). The highest BCUT2D eigenvalue weighted by molar-refractivity contribution is 6.31. The van der Waals surface area contributed by atoms with Crippen molar-refractivity contribution in [2.45, 2.75) is 6.61 Å². The van der Waals surface area contributed by atoms with Gasteiger partial charge in [-0.1, -0.05) is 48.0 Å². The second-order valence-corrected chi connectivity index (χ2v) is 5.70. The highest BCUT2D eigenvalue weighted by atomic mass is 35.5. The van der Waals surface area contributed by atoms with Crippen molar-refractivity contribution in [3.63, 3.8) is 0 Å². The Bertz CT molecular complexity index is 817. The fraction of sp³-hybridized carbons (Fsp3) is 0.0500. The number of carbonyl (C=O) groups is 1. The minimum atomic E-state index is -0.199. The van der Waals surface area contributed by atoms with Crippen LogP contribution in [0.4, 0.5) is 5.69 Å². The van der Waals surface area contributed by atoms with E-state index in [1.807, 2.05) is 54.6 Å². The van der Waals surface area contributed by atoms with Crippen molar-refractivity contribution in [3.05, 3.63) is 95.0 Å². The summed E-state index contributed by atoms with van der Waals surface area (Å²) in [6, 6.07) is 24.1. The normalized spacial score (nSPS) is 10.2. The largest absolute Gasteiger partial charge is 0.489 e. The topological polar surface area (TPSA) is 38.3 Å². The molecule has 3 aromatic carbocycles. The summed E-state index contributed by atoms with van der Waals surface area (Å²) in [5, 5.41) is 3.37. The van der Waals surface area contributed by atoms with E-state index in [4.69, 9.17) is 16.3 Å². The Balaban J connectivity index is 1.59. The lowest BCUT2D eigenvalue weighted by Crippen LogP contribution is -2.11. The van der Waals surface area contributed by atoms with Crippen LogP contribution < -0.4 is 10.1 Å². The first-order chi connectivity index (χ1) is 11.7. The van der Waals surface area contributed by atoms with E-state index in [1.165, 1.54) is 0 Å². The molecular formula is C20H16ClNO2. The molecular weight excluding hydrogens is 322 g/mol. The quantitative estimate of drug-likeness (QED) is 0.697. The lowest BCUT2D eigenvalue weighted by molar-refractivity contribution is 0.102.